The predicted molar refractivity (Wildman–Crippen MR) is 135 cm³/mol. The minimum atomic E-state index is -0.519. The lowest BCUT2D eigenvalue weighted by Gasteiger charge is -2.09. The van der Waals surface area contributed by atoms with Gasteiger partial charge in [0.1, 0.15) is 22.8 Å². The highest BCUT2D eigenvalue weighted by Crippen LogP contribution is 2.31. The second kappa shape index (κ2) is 11.6. The molecule has 1 aromatic carbocycles. The van der Waals surface area contributed by atoms with Crippen molar-refractivity contribution in [2.75, 3.05) is 13.2 Å². The third kappa shape index (κ3) is 6.05. The van der Waals surface area contributed by atoms with E-state index >= 15 is 0 Å². The molecule has 0 saturated heterocycles. The van der Waals surface area contributed by atoms with Crippen LogP contribution < -0.4 is 4.74 Å². The molecule has 2 rings (SSSR count). The molecule has 0 atom stereocenters. The molecular formula is C22H18I2N2O4S. The monoisotopic (exact) mass is 660 g/mol. The summed E-state index contributed by atoms with van der Waals surface area (Å²) in [5, 5.41) is 19.1. The first kappa shape index (κ1) is 25.3. The van der Waals surface area contributed by atoms with Crippen molar-refractivity contribution in [3.05, 3.63) is 51.3 Å². The number of ether oxygens (including phenoxy) is 2. The summed E-state index contributed by atoms with van der Waals surface area (Å²) in [5.74, 6) is -0.172. The molecule has 0 spiro atoms. The van der Waals surface area contributed by atoms with Gasteiger partial charge in [0.2, 0.25) is 0 Å². The third-order valence-corrected chi connectivity index (χ3v) is 7.03. The first-order valence-electron chi connectivity index (χ1n) is 9.23. The number of hydrogen-bond acceptors (Lipinski definition) is 7. The van der Waals surface area contributed by atoms with E-state index in [4.69, 9.17) is 9.47 Å². The summed E-state index contributed by atoms with van der Waals surface area (Å²) in [7, 11) is 0. The van der Waals surface area contributed by atoms with Crippen molar-refractivity contribution in [2.45, 2.75) is 27.2 Å². The van der Waals surface area contributed by atoms with Crippen molar-refractivity contribution in [3.63, 3.8) is 0 Å². The number of rotatable bonds is 8. The number of esters is 1. The molecule has 0 N–H and O–H groups in total. The lowest BCUT2D eigenvalue weighted by molar-refractivity contribution is -0.114. The van der Waals surface area contributed by atoms with Crippen LogP contribution in [-0.2, 0) is 16.0 Å². The molecule has 0 aliphatic carbocycles. The number of hydrogen-bond donors (Lipinski definition) is 0. The van der Waals surface area contributed by atoms with Crippen LogP contribution in [0.1, 0.15) is 45.1 Å². The van der Waals surface area contributed by atoms with E-state index in [0.717, 1.165) is 24.2 Å². The molecular weight excluding hydrogens is 642 g/mol. The molecule has 31 heavy (non-hydrogen) atoms. The number of carbonyl (C=O) groups is 2. The van der Waals surface area contributed by atoms with Crippen molar-refractivity contribution in [1.82, 2.24) is 0 Å². The zero-order valence-corrected chi connectivity index (χ0v) is 22.2. The Bertz CT molecular complexity index is 1120. The van der Waals surface area contributed by atoms with Gasteiger partial charge in [-0.25, -0.2) is 4.79 Å². The molecule has 0 fully saturated rings. The van der Waals surface area contributed by atoms with Gasteiger partial charge >= 0.3 is 5.97 Å². The normalized spacial score (nSPS) is 10.9. The molecule has 0 bridgehead atoms. The average Bonchev–Trinajstić information content (AvgIpc) is 3.04. The third-order valence-electron chi connectivity index (χ3n) is 4.15. The van der Waals surface area contributed by atoms with E-state index in [1.165, 1.54) is 6.08 Å². The quantitative estimate of drug-likeness (QED) is 0.162. The molecule has 1 aromatic heterocycles. The summed E-state index contributed by atoms with van der Waals surface area (Å²) in [4.78, 5) is 25.7. The molecule has 0 saturated carbocycles. The van der Waals surface area contributed by atoms with Crippen molar-refractivity contribution in [1.29, 1.82) is 10.5 Å². The van der Waals surface area contributed by atoms with Gasteiger partial charge in [-0.1, -0.05) is 0 Å². The maximum atomic E-state index is 12.8. The summed E-state index contributed by atoms with van der Waals surface area (Å²) >= 11 is 5.37. The molecule has 1 heterocycles. The fourth-order valence-corrected chi connectivity index (χ4v) is 6.04. The van der Waals surface area contributed by atoms with Crippen LogP contribution in [0.15, 0.2) is 17.7 Å². The second-order valence-corrected chi connectivity index (χ2v) is 9.63. The lowest BCUT2D eigenvalue weighted by Crippen LogP contribution is -2.05. The van der Waals surface area contributed by atoms with E-state index in [0.29, 0.717) is 27.5 Å². The number of benzene rings is 1. The van der Waals surface area contributed by atoms with Crippen LogP contribution in [0, 0.1) is 36.7 Å². The maximum Gasteiger partial charge on any atom is 0.348 e. The summed E-state index contributed by atoms with van der Waals surface area (Å²) in [6.45, 7) is 6.01. The Morgan fingerprint density at radius 1 is 1.16 bits per heavy atom. The molecule has 0 aliphatic heterocycles. The highest BCUT2D eigenvalue weighted by atomic mass is 127. The number of Topliss-reactive ketones (excluding diaryl/α,β-unsaturated/α-hetero) is 1. The Morgan fingerprint density at radius 3 is 2.32 bits per heavy atom. The number of carbonyl (C=O) groups excluding carboxylic acids is 2. The minimum absolute atomic E-state index is 0.0246. The summed E-state index contributed by atoms with van der Waals surface area (Å²) in [6.07, 6.45) is 1.39. The van der Waals surface area contributed by atoms with E-state index < -0.39 is 11.8 Å². The minimum Gasteiger partial charge on any atom is -0.492 e. The second-order valence-electron chi connectivity index (χ2n) is 6.20. The van der Waals surface area contributed by atoms with Gasteiger partial charge in [-0.2, -0.15) is 10.5 Å². The highest BCUT2D eigenvalue weighted by Gasteiger charge is 2.23. The van der Waals surface area contributed by atoms with Crippen LogP contribution in [-0.4, -0.2) is 25.0 Å². The van der Waals surface area contributed by atoms with Crippen molar-refractivity contribution < 1.29 is 19.1 Å². The molecule has 0 unspecified atom stereocenters. The van der Waals surface area contributed by atoms with Crippen LogP contribution in [0.4, 0.5) is 0 Å². The van der Waals surface area contributed by atoms with Gasteiger partial charge in [-0.15, -0.1) is 11.3 Å². The van der Waals surface area contributed by atoms with Crippen LogP contribution in [0.2, 0.25) is 0 Å². The van der Waals surface area contributed by atoms with Crippen LogP contribution in [0.5, 0.6) is 5.75 Å². The molecule has 0 radical (unpaired) electrons. The standard InChI is InChI=1S/C22H18I2N2O4S/c1-4-29-20-16(23)7-13(8-17(20)24)6-14(10-25)18(27)9-19-15(11-26)12(3)21(31-19)22(28)30-5-2/h6-8H,4-5,9H2,1-3H3/b14-6+. The Morgan fingerprint density at radius 2 is 1.81 bits per heavy atom. The number of nitriles is 2. The molecule has 9 heteroatoms. The molecule has 2 aromatic rings. The topological polar surface area (TPSA) is 100 Å². The first-order chi connectivity index (χ1) is 14.8. The maximum absolute atomic E-state index is 12.8. The van der Waals surface area contributed by atoms with Crippen LogP contribution in [0.3, 0.4) is 0 Å². The van der Waals surface area contributed by atoms with Gasteiger partial charge in [-0.3, -0.25) is 4.79 Å². The first-order valence-corrected chi connectivity index (χ1v) is 12.2. The van der Waals surface area contributed by atoms with E-state index in [2.05, 4.69) is 51.3 Å². The van der Waals surface area contributed by atoms with E-state index in [1.54, 1.807) is 13.8 Å². The van der Waals surface area contributed by atoms with Gasteiger partial charge in [0.25, 0.3) is 0 Å². The van der Waals surface area contributed by atoms with E-state index in [-0.39, 0.29) is 24.2 Å². The zero-order valence-electron chi connectivity index (χ0n) is 17.0. The summed E-state index contributed by atoms with van der Waals surface area (Å²) in [5.41, 5.74) is 1.45. The smallest absolute Gasteiger partial charge is 0.348 e. The fourth-order valence-electron chi connectivity index (χ4n) is 2.76. The van der Waals surface area contributed by atoms with E-state index in [1.807, 2.05) is 25.1 Å². The Kier molecular flexibility index (Phi) is 9.47. The van der Waals surface area contributed by atoms with Gasteiger partial charge in [0, 0.05) is 11.3 Å². The number of thiophene rings is 1. The largest absolute Gasteiger partial charge is 0.492 e. The van der Waals surface area contributed by atoms with Crippen LogP contribution in [0.25, 0.3) is 6.08 Å². The summed E-state index contributed by atoms with van der Waals surface area (Å²) in [6, 6.07) is 7.70. The van der Waals surface area contributed by atoms with Crippen molar-refractivity contribution in [2.24, 2.45) is 0 Å². The van der Waals surface area contributed by atoms with Gasteiger partial charge in [0.15, 0.2) is 5.78 Å². The Balaban J connectivity index is 2.37. The number of allylic oxidation sites excluding steroid dienone is 1. The van der Waals surface area contributed by atoms with Crippen LogP contribution >= 0.6 is 56.5 Å². The van der Waals surface area contributed by atoms with Crippen molar-refractivity contribution in [3.8, 4) is 17.9 Å². The van der Waals surface area contributed by atoms with Crippen molar-refractivity contribution >= 4 is 74.3 Å². The Labute approximate surface area is 212 Å². The Hall–Kier alpha value is -1.96. The predicted octanol–water partition coefficient (Wildman–Crippen LogP) is 5.43. The van der Waals surface area contributed by atoms with E-state index in [9.17, 15) is 20.1 Å². The summed E-state index contributed by atoms with van der Waals surface area (Å²) < 4.78 is 12.4. The SMILES string of the molecule is CCOC(=O)c1sc(CC(=O)/C(C#N)=C/c2cc(I)c(OCC)c(I)c2)c(C#N)c1C. The van der Waals surface area contributed by atoms with Gasteiger partial charge in [-0.05, 0) is 95.3 Å². The number of nitrogens with zero attached hydrogens (tertiary/aromatic N) is 2. The van der Waals surface area contributed by atoms with Gasteiger partial charge < -0.3 is 9.47 Å². The molecule has 6 nitrogen and oxygen atoms in total. The number of halogens is 2. The molecule has 160 valence electrons. The highest BCUT2D eigenvalue weighted by molar-refractivity contribution is 14.1. The average molecular weight is 660 g/mol. The fraction of sp³-hybridized carbons (Fsp3) is 0.273. The zero-order chi connectivity index (χ0) is 23.1. The lowest BCUT2D eigenvalue weighted by atomic mass is 10.0. The number of ketones is 1. The van der Waals surface area contributed by atoms with Gasteiger partial charge in [0.05, 0.1) is 31.5 Å². The molecule has 0 aliphatic rings. The molecule has 0 amide bonds.